The summed E-state index contributed by atoms with van der Waals surface area (Å²) in [6, 6.07) is 29.5. The Kier molecular flexibility index (Phi) is 12.8. The molecule has 39 heavy (non-hydrogen) atoms. The first-order chi connectivity index (χ1) is 18.4. The molecule has 0 aliphatic carbocycles. The van der Waals surface area contributed by atoms with Gasteiger partial charge in [0.05, 0.1) is 0 Å². The molecule has 0 aliphatic heterocycles. The van der Waals surface area contributed by atoms with Crippen LogP contribution >= 0.6 is 0 Å². The fourth-order valence-electron chi connectivity index (χ4n) is 3.09. The van der Waals surface area contributed by atoms with Gasteiger partial charge >= 0.3 is 0 Å². The summed E-state index contributed by atoms with van der Waals surface area (Å²) in [4.78, 5) is 9.00. The molecule has 2 N–H and O–H groups in total. The van der Waals surface area contributed by atoms with Crippen LogP contribution in [0.2, 0.25) is 0 Å². The van der Waals surface area contributed by atoms with Gasteiger partial charge in [0, 0.05) is 50.2 Å². The summed E-state index contributed by atoms with van der Waals surface area (Å²) in [6.45, 7) is 1.80. The maximum atomic E-state index is 11.7. The molecule has 0 fully saturated rings. The Labute approximate surface area is 239 Å². The first kappa shape index (κ1) is 30.7. The van der Waals surface area contributed by atoms with Crippen molar-refractivity contribution in [2.24, 2.45) is 10.2 Å². The van der Waals surface area contributed by atoms with E-state index < -0.39 is 5.97 Å². The summed E-state index contributed by atoms with van der Waals surface area (Å²) in [5, 5.41) is 37.3. The number of benzene rings is 3. The molecule has 196 valence electrons. The van der Waals surface area contributed by atoms with Gasteiger partial charge in [0.25, 0.3) is 5.97 Å². The molecule has 0 atom stereocenters. The minimum Gasteiger partial charge on any atom is -0.618 e. The Morgan fingerprint density at radius 2 is 1.33 bits per heavy atom. The smallest absolute Gasteiger partial charge is 0.300 e. The maximum Gasteiger partial charge on any atom is 0.300 e. The van der Waals surface area contributed by atoms with Crippen LogP contribution in [0.5, 0.6) is 11.5 Å². The first-order valence-electron chi connectivity index (χ1n) is 11.6. The van der Waals surface area contributed by atoms with Crippen LogP contribution in [0.4, 0.5) is 0 Å². The zero-order chi connectivity index (χ0) is 27.2. The molecule has 0 amide bonds. The van der Waals surface area contributed by atoms with E-state index in [-0.39, 0.29) is 25.4 Å². The maximum absolute atomic E-state index is 11.7. The molecule has 3 aromatic carbocycles. The van der Waals surface area contributed by atoms with Gasteiger partial charge in [-0.25, -0.2) is 0 Å². The minimum atomic E-state index is -0.833. The van der Waals surface area contributed by atoms with E-state index in [1.807, 2.05) is 60.7 Å². The van der Waals surface area contributed by atoms with Crippen molar-refractivity contribution >= 4 is 18.1 Å². The van der Waals surface area contributed by atoms with Gasteiger partial charge in [0.1, 0.15) is 30.9 Å². The largest absolute Gasteiger partial charge is 0.618 e. The summed E-state index contributed by atoms with van der Waals surface area (Å²) in [7, 11) is 0. The van der Waals surface area contributed by atoms with Crippen molar-refractivity contribution in [2.45, 2.75) is 20.1 Å². The van der Waals surface area contributed by atoms with Crippen LogP contribution in [0.25, 0.3) is 0 Å². The van der Waals surface area contributed by atoms with E-state index in [1.54, 1.807) is 36.4 Å². The number of aromatic nitrogens is 1. The number of nitrogens with zero attached hydrogens (tertiary/aromatic N) is 3. The average molecular weight is 579 g/mol. The van der Waals surface area contributed by atoms with Crippen LogP contribution in [-0.4, -0.2) is 28.3 Å². The number of ether oxygens (including phenoxy) is 2. The molecular weight excluding hydrogens is 552 g/mol. The van der Waals surface area contributed by atoms with E-state index in [4.69, 9.17) is 19.4 Å². The van der Waals surface area contributed by atoms with Crippen molar-refractivity contribution in [2.75, 3.05) is 0 Å². The number of pyridine rings is 1. The molecule has 9 nitrogen and oxygen atoms in total. The predicted octanol–water partition coefficient (Wildman–Crippen LogP) is 4.91. The van der Waals surface area contributed by atoms with Gasteiger partial charge in [-0.05, 0) is 29.3 Å². The third kappa shape index (κ3) is 11.2. The monoisotopic (exact) mass is 577 g/mol. The standard InChI is InChI=1S/C27H23N3O4.C2H4O2.Zn/c31-27(29-28-18-24-13-7-8-14-30(24)32)23-15-25(33-19-21-9-3-1-4-10-21)17-26(16-23)34-20-22-11-5-2-6-12-22;1-2(3)4;/h1-18H,19-20H2,(H,29,31);1H3,(H,3,4);/b28-18+;;. The number of carboxylic acids is 1. The van der Waals surface area contributed by atoms with Crippen LogP contribution in [-0.2, 0) is 37.5 Å². The second kappa shape index (κ2) is 16.3. The number of hydrogen-bond acceptors (Lipinski definition) is 6. The van der Waals surface area contributed by atoms with E-state index in [0.29, 0.717) is 40.7 Å². The third-order valence-corrected chi connectivity index (χ3v) is 4.83. The van der Waals surface area contributed by atoms with Gasteiger partial charge in [0.15, 0.2) is 6.20 Å². The molecule has 4 aromatic rings. The Morgan fingerprint density at radius 1 is 0.846 bits per heavy atom. The molecule has 4 rings (SSSR count). The van der Waals surface area contributed by atoms with Crippen LogP contribution in [0.15, 0.2) is 113 Å². The molecule has 1 aromatic heterocycles. The summed E-state index contributed by atoms with van der Waals surface area (Å²) in [5.41, 5.74) is 2.69. The molecule has 0 saturated carbocycles. The number of aliphatic hydroxyl groups excluding tert-OH is 1. The van der Waals surface area contributed by atoms with Crippen molar-refractivity contribution in [1.82, 2.24) is 0 Å². The molecule has 10 heteroatoms. The molecule has 0 radical (unpaired) electrons. The number of hydrogen-bond donors (Lipinski definition) is 2. The number of aliphatic carboxylic acids is 1. The molecule has 0 aliphatic rings. The van der Waals surface area contributed by atoms with Gasteiger partial charge in [-0.15, -0.1) is 10.2 Å². The SMILES string of the molecule is CC(=O)O.[O-][n+]1ccccc1/C=N/N=C(\O)c1cc(OCc2ccccc2)cc(OCc2ccccc2)c1.[Zn]. The Hall–Kier alpha value is -4.56. The van der Waals surface area contributed by atoms with Crippen molar-refractivity contribution in [3.05, 3.63) is 131 Å². The van der Waals surface area contributed by atoms with E-state index in [9.17, 15) is 10.3 Å². The Bertz CT molecular complexity index is 1320. The summed E-state index contributed by atoms with van der Waals surface area (Å²) in [6.07, 6.45) is 2.63. The van der Waals surface area contributed by atoms with Crippen molar-refractivity contribution in [3.63, 3.8) is 0 Å². The van der Waals surface area contributed by atoms with Crippen LogP contribution in [0.3, 0.4) is 0 Å². The van der Waals surface area contributed by atoms with E-state index in [0.717, 1.165) is 18.1 Å². The average Bonchev–Trinajstić information content (AvgIpc) is 2.92. The fraction of sp³-hybridized carbons (Fsp3) is 0.103. The summed E-state index contributed by atoms with van der Waals surface area (Å²) < 4.78 is 12.5. The van der Waals surface area contributed by atoms with Gasteiger partial charge < -0.3 is 24.9 Å². The normalized spacial score (nSPS) is 10.6. The first-order valence-corrected chi connectivity index (χ1v) is 11.6. The second-order valence-corrected chi connectivity index (χ2v) is 7.88. The predicted molar refractivity (Wildman–Crippen MR) is 143 cm³/mol. The topological polar surface area (TPSA) is 128 Å². The van der Waals surface area contributed by atoms with Crippen molar-refractivity contribution in [3.8, 4) is 11.5 Å². The Morgan fingerprint density at radius 3 is 1.82 bits per heavy atom. The van der Waals surface area contributed by atoms with E-state index in [2.05, 4.69) is 10.2 Å². The van der Waals surface area contributed by atoms with Crippen LogP contribution in [0.1, 0.15) is 29.3 Å². The third-order valence-electron chi connectivity index (χ3n) is 4.83. The zero-order valence-electron chi connectivity index (χ0n) is 21.4. The van der Waals surface area contributed by atoms with Crippen LogP contribution < -0.4 is 14.2 Å². The molecular formula is C29H27N3O6Zn. The molecule has 0 saturated heterocycles. The summed E-state index contributed by atoms with van der Waals surface area (Å²) in [5.74, 6) is -0.148. The molecule has 1 heterocycles. The number of carbonyl (C=O) groups is 1. The van der Waals surface area contributed by atoms with Crippen LogP contribution in [0, 0.1) is 5.21 Å². The quantitative estimate of drug-likeness (QED) is 0.0726. The van der Waals surface area contributed by atoms with Gasteiger partial charge in [-0.2, -0.15) is 4.73 Å². The van der Waals surface area contributed by atoms with Gasteiger partial charge in [-0.1, -0.05) is 60.7 Å². The Balaban J connectivity index is 0.000000998. The zero-order valence-corrected chi connectivity index (χ0v) is 24.3. The van der Waals surface area contributed by atoms with Gasteiger partial charge in [0.2, 0.25) is 11.6 Å². The van der Waals surface area contributed by atoms with Crippen molar-refractivity contribution < 1.29 is 48.7 Å². The molecule has 0 unspecified atom stereocenters. The second-order valence-electron chi connectivity index (χ2n) is 7.88. The number of rotatable bonds is 9. The molecule has 0 bridgehead atoms. The number of carboxylic acid groups (broad SMARTS) is 1. The molecule has 0 spiro atoms. The van der Waals surface area contributed by atoms with Gasteiger partial charge in [-0.3, -0.25) is 4.79 Å². The van der Waals surface area contributed by atoms with Crippen molar-refractivity contribution in [1.29, 1.82) is 0 Å². The van der Waals surface area contributed by atoms with E-state index >= 15 is 0 Å². The fourth-order valence-corrected chi connectivity index (χ4v) is 3.09. The van der Waals surface area contributed by atoms with E-state index in [1.165, 1.54) is 12.4 Å². The summed E-state index contributed by atoms with van der Waals surface area (Å²) >= 11 is 0. The minimum absolute atomic E-state index is 0. The number of aliphatic hydroxyl groups is 1.